The molecule has 3 N–H and O–H groups in total. The Morgan fingerprint density at radius 1 is 1.50 bits per heavy atom. The highest BCUT2D eigenvalue weighted by Gasteiger charge is 2.23. The molecule has 100 valence electrons. The fourth-order valence-corrected chi connectivity index (χ4v) is 2.38. The number of rotatable bonds is 5. The molecule has 0 atom stereocenters. The predicted molar refractivity (Wildman–Crippen MR) is 69.6 cm³/mol. The molecule has 7 heteroatoms. The number of carboxylic acids is 1. The normalized spacial score (nSPS) is 10.7. The first-order chi connectivity index (χ1) is 8.31. The summed E-state index contributed by atoms with van der Waals surface area (Å²) >= 11 is 1.09. The van der Waals surface area contributed by atoms with Crippen molar-refractivity contribution in [3.63, 3.8) is 0 Å². The quantitative estimate of drug-likeness (QED) is 0.839. The number of nitrogens with two attached hydrogens (primary N) is 1. The summed E-state index contributed by atoms with van der Waals surface area (Å²) in [5, 5.41) is 9.15. The molecule has 0 radical (unpaired) electrons. The average Bonchev–Trinajstić information content (AvgIpc) is 2.54. The third-order valence-corrected chi connectivity index (χ3v) is 3.18. The number of carbonyl (C=O) groups is 2. The number of nitrogens with zero attached hydrogens (tertiary/aromatic N) is 2. The van der Waals surface area contributed by atoms with E-state index in [0.717, 1.165) is 11.3 Å². The van der Waals surface area contributed by atoms with Crippen molar-refractivity contribution in [1.29, 1.82) is 0 Å². The van der Waals surface area contributed by atoms with Crippen LogP contribution in [0.3, 0.4) is 0 Å². The zero-order valence-electron chi connectivity index (χ0n) is 10.6. The van der Waals surface area contributed by atoms with Gasteiger partial charge in [0.15, 0.2) is 5.13 Å². The molecule has 6 nitrogen and oxygen atoms in total. The van der Waals surface area contributed by atoms with Crippen molar-refractivity contribution in [3.05, 3.63) is 10.6 Å². The van der Waals surface area contributed by atoms with Crippen molar-refractivity contribution in [1.82, 2.24) is 9.88 Å². The van der Waals surface area contributed by atoms with Crippen LogP contribution in [0.15, 0.2) is 0 Å². The minimum Gasteiger partial charge on any atom is -0.480 e. The summed E-state index contributed by atoms with van der Waals surface area (Å²) in [5.41, 5.74) is 6.08. The van der Waals surface area contributed by atoms with Gasteiger partial charge in [0.1, 0.15) is 11.4 Å². The van der Waals surface area contributed by atoms with Gasteiger partial charge in [0.25, 0.3) is 5.91 Å². The number of carbonyl (C=O) groups excluding carboxylic acids is 1. The minimum absolute atomic E-state index is 0.193. The van der Waals surface area contributed by atoms with Crippen molar-refractivity contribution in [2.24, 2.45) is 5.92 Å². The maximum absolute atomic E-state index is 12.2. The number of carboxylic acid groups (broad SMARTS) is 1. The highest BCUT2D eigenvalue weighted by atomic mass is 32.1. The van der Waals surface area contributed by atoms with Crippen LogP contribution in [-0.2, 0) is 4.79 Å². The highest BCUT2D eigenvalue weighted by molar-refractivity contribution is 7.17. The van der Waals surface area contributed by atoms with Crippen LogP contribution in [0, 0.1) is 12.8 Å². The third kappa shape index (κ3) is 3.69. The molecule has 18 heavy (non-hydrogen) atoms. The van der Waals surface area contributed by atoms with Gasteiger partial charge in [-0.25, -0.2) is 4.98 Å². The van der Waals surface area contributed by atoms with Crippen molar-refractivity contribution in [2.45, 2.75) is 20.8 Å². The lowest BCUT2D eigenvalue weighted by Gasteiger charge is -2.22. The Kier molecular flexibility index (Phi) is 4.66. The number of hydrogen-bond donors (Lipinski definition) is 2. The van der Waals surface area contributed by atoms with E-state index >= 15 is 0 Å². The Morgan fingerprint density at radius 2 is 2.11 bits per heavy atom. The number of hydrogen-bond acceptors (Lipinski definition) is 5. The van der Waals surface area contributed by atoms with Gasteiger partial charge in [0.2, 0.25) is 0 Å². The lowest BCUT2D eigenvalue weighted by Crippen LogP contribution is -2.38. The Hall–Kier alpha value is -1.63. The monoisotopic (exact) mass is 271 g/mol. The Labute approximate surface area is 109 Å². The fraction of sp³-hybridized carbons (Fsp3) is 0.545. The van der Waals surface area contributed by atoms with Gasteiger partial charge in [0.05, 0.1) is 5.69 Å². The first-order valence-electron chi connectivity index (χ1n) is 5.55. The van der Waals surface area contributed by atoms with E-state index in [-0.39, 0.29) is 18.4 Å². The van der Waals surface area contributed by atoms with E-state index in [1.807, 2.05) is 13.8 Å². The van der Waals surface area contributed by atoms with Gasteiger partial charge in [-0.15, -0.1) is 0 Å². The second-order valence-electron chi connectivity index (χ2n) is 4.44. The molecule has 0 saturated carbocycles. The van der Waals surface area contributed by atoms with Gasteiger partial charge in [-0.1, -0.05) is 25.2 Å². The molecule has 0 aliphatic carbocycles. The zero-order valence-corrected chi connectivity index (χ0v) is 11.5. The topological polar surface area (TPSA) is 96.5 Å². The summed E-state index contributed by atoms with van der Waals surface area (Å²) in [6.07, 6.45) is 0. The standard InChI is InChI=1S/C11H17N3O3S/c1-6(2)4-14(5-8(15)16)10(17)9-7(3)13-11(12)18-9/h6H,4-5H2,1-3H3,(H2,12,13)(H,15,16). The zero-order chi connectivity index (χ0) is 13.9. The van der Waals surface area contributed by atoms with Gasteiger partial charge < -0.3 is 15.7 Å². The lowest BCUT2D eigenvalue weighted by atomic mass is 10.2. The van der Waals surface area contributed by atoms with Crippen LogP contribution in [0.4, 0.5) is 5.13 Å². The first-order valence-corrected chi connectivity index (χ1v) is 6.37. The second kappa shape index (κ2) is 5.81. The van der Waals surface area contributed by atoms with Crippen molar-refractivity contribution in [2.75, 3.05) is 18.8 Å². The van der Waals surface area contributed by atoms with E-state index in [2.05, 4.69) is 4.98 Å². The summed E-state index contributed by atoms with van der Waals surface area (Å²) in [5.74, 6) is -1.16. The third-order valence-electron chi connectivity index (χ3n) is 2.21. The molecule has 1 amide bonds. The van der Waals surface area contributed by atoms with E-state index in [4.69, 9.17) is 10.8 Å². The molecule has 0 aliphatic heterocycles. The second-order valence-corrected chi connectivity index (χ2v) is 5.47. The number of anilines is 1. The number of aliphatic carboxylic acids is 1. The summed E-state index contributed by atoms with van der Waals surface area (Å²) in [6, 6.07) is 0. The average molecular weight is 271 g/mol. The molecule has 0 fully saturated rings. The number of nitrogen functional groups attached to an aromatic ring is 1. The van der Waals surface area contributed by atoms with Crippen LogP contribution >= 0.6 is 11.3 Å². The smallest absolute Gasteiger partial charge is 0.323 e. The van der Waals surface area contributed by atoms with Crippen LogP contribution < -0.4 is 5.73 Å². The van der Waals surface area contributed by atoms with Crippen molar-refractivity contribution >= 4 is 28.3 Å². The number of amides is 1. The summed E-state index contributed by atoms with van der Waals surface area (Å²) in [6.45, 7) is 5.62. The van der Waals surface area contributed by atoms with Crippen LogP contribution in [0.2, 0.25) is 0 Å². The first kappa shape index (κ1) is 14.4. The van der Waals surface area contributed by atoms with Gasteiger partial charge in [-0.2, -0.15) is 0 Å². The van der Waals surface area contributed by atoms with Crippen LogP contribution in [-0.4, -0.2) is 40.0 Å². The highest BCUT2D eigenvalue weighted by Crippen LogP contribution is 2.21. The molecule has 0 aromatic carbocycles. The van der Waals surface area contributed by atoms with Gasteiger partial charge in [0, 0.05) is 6.54 Å². The summed E-state index contributed by atoms with van der Waals surface area (Å²) < 4.78 is 0. The van der Waals surface area contributed by atoms with E-state index < -0.39 is 5.97 Å². The van der Waals surface area contributed by atoms with Crippen molar-refractivity contribution < 1.29 is 14.7 Å². The molecule has 0 bridgehead atoms. The molecular weight excluding hydrogens is 254 g/mol. The van der Waals surface area contributed by atoms with E-state index in [0.29, 0.717) is 22.2 Å². The van der Waals surface area contributed by atoms with Gasteiger partial charge in [-0.3, -0.25) is 9.59 Å². The lowest BCUT2D eigenvalue weighted by molar-refractivity contribution is -0.137. The molecule has 0 unspecified atom stereocenters. The number of aromatic nitrogens is 1. The summed E-state index contributed by atoms with van der Waals surface area (Å²) in [7, 11) is 0. The maximum atomic E-state index is 12.2. The molecule has 0 spiro atoms. The molecule has 0 saturated heterocycles. The van der Waals surface area contributed by atoms with Crippen molar-refractivity contribution in [3.8, 4) is 0 Å². The van der Waals surface area contributed by atoms with E-state index in [1.54, 1.807) is 6.92 Å². The molecule has 1 aromatic heterocycles. The van der Waals surface area contributed by atoms with Gasteiger partial charge in [-0.05, 0) is 12.8 Å². The van der Waals surface area contributed by atoms with E-state index in [1.165, 1.54) is 4.90 Å². The molecular formula is C11H17N3O3S. The molecule has 1 aromatic rings. The Bertz CT molecular complexity index is 456. The Morgan fingerprint density at radius 3 is 2.50 bits per heavy atom. The molecule has 0 aliphatic rings. The predicted octanol–water partition coefficient (Wildman–Crippen LogP) is 1.22. The molecule has 1 rings (SSSR count). The van der Waals surface area contributed by atoms with Crippen LogP contribution in [0.1, 0.15) is 29.2 Å². The van der Waals surface area contributed by atoms with E-state index in [9.17, 15) is 9.59 Å². The largest absolute Gasteiger partial charge is 0.480 e. The number of thiazole rings is 1. The van der Waals surface area contributed by atoms with Crippen LogP contribution in [0.5, 0.6) is 0 Å². The number of aryl methyl sites for hydroxylation is 1. The van der Waals surface area contributed by atoms with Crippen LogP contribution in [0.25, 0.3) is 0 Å². The molecule has 1 heterocycles. The minimum atomic E-state index is -1.03. The SMILES string of the molecule is Cc1nc(N)sc1C(=O)N(CC(=O)O)CC(C)C. The Balaban J connectivity index is 2.94. The summed E-state index contributed by atoms with van der Waals surface area (Å²) in [4.78, 5) is 28.7. The maximum Gasteiger partial charge on any atom is 0.323 e. The van der Waals surface area contributed by atoms with Gasteiger partial charge >= 0.3 is 5.97 Å². The fourth-order valence-electron chi connectivity index (χ4n) is 1.58.